The van der Waals surface area contributed by atoms with Crippen molar-refractivity contribution in [1.82, 2.24) is 9.78 Å². The molecular weight excluding hydrogens is 324 g/mol. The van der Waals surface area contributed by atoms with Gasteiger partial charge >= 0.3 is 0 Å². The smallest absolute Gasteiger partial charge is 0.262 e. The molecule has 0 spiro atoms. The lowest BCUT2D eigenvalue weighted by Gasteiger charge is -2.18. The summed E-state index contributed by atoms with van der Waals surface area (Å²) >= 11 is 3.52. The van der Waals surface area contributed by atoms with Crippen LogP contribution in [0.1, 0.15) is 5.69 Å². The minimum absolute atomic E-state index is 0.0525. The van der Waals surface area contributed by atoms with Gasteiger partial charge < -0.3 is 15.8 Å². The van der Waals surface area contributed by atoms with E-state index in [0.717, 1.165) is 21.4 Å². The summed E-state index contributed by atoms with van der Waals surface area (Å²) in [4.78, 5) is 11.4. The molecule has 2 heterocycles. The first-order valence-corrected chi connectivity index (χ1v) is 6.88. The van der Waals surface area contributed by atoms with Crippen molar-refractivity contribution in [2.75, 3.05) is 11.9 Å². The molecule has 0 fully saturated rings. The van der Waals surface area contributed by atoms with Gasteiger partial charge in [0.15, 0.2) is 6.61 Å². The fourth-order valence-electron chi connectivity index (χ4n) is 2.17. The van der Waals surface area contributed by atoms with Crippen LogP contribution < -0.4 is 15.8 Å². The van der Waals surface area contributed by atoms with Crippen LogP contribution in [-0.2, 0) is 18.4 Å². The molecule has 20 heavy (non-hydrogen) atoms. The number of hydrogen-bond acceptors (Lipinski definition) is 4. The highest BCUT2D eigenvalue weighted by atomic mass is 79.9. The van der Waals surface area contributed by atoms with Crippen LogP contribution in [0.4, 0.5) is 5.69 Å². The first-order chi connectivity index (χ1) is 9.60. The number of benzene rings is 1. The molecule has 104 valence electrons. The molecule has 0 unspecified atom stereocenters. The van der Waals surface area contributed by atoms with E-state index in [-0.39, 0.29) is 12.5 Å². The van der Waals surface area contributed by atoms with Gasteiger partial charge in [-0.15, -0.1) is 0 Å². The minimum atomic E-state index is -0.155. The largest absolute Gasteiger partial charge is 0.482 e. The maximum Gasteiger partial charge on any atom is 0.262 e. The standard InChI is InChI=1S/C13H13BrN4O2/c1-18-9(5-15)12(14)13(17-18)7-2-3-10-8(4-7)16-11(19)6-20-10/h2-4H,5-6,15H2,1H3,(H,16,19). The highest BCUT2D eigenvalue weighted by molar-refractivity contribution is 9.10. The average molecular weight is 337 g/mol. The summed E-state index contributed by atoms with van der Waals surface area (Å²) in [7, 11) is 1.85. The van der Waals surface area contributed by atoms with Gasteiger partial charge in [0.1, 0.15) is 11.4 Å². The number of nitrogens with one attached hydrogen (secondary N) is 1. The lowest BCUT2D eigenvalue weighted by molar-refractivity contribution is -0.118. The molecule has 2 aromatic rings. The zero-order valence-corrected chi connectivity index (χ0v) is 12.4. The number of hydrogen-bond donors (Lipinski definition) is 2. The summed E-state index contributed by atoms with van der Waals surface area (Å²) in [6.07, 6.45) is 0. The Morgan fingerprint density at radius 2 is 2.35 bits per heavy atom. The van der Waals surface area contributed by atoms with E-state index >= 15 is 0 Å². The molecule has 3 rings (SSSR count). The third kappa shape index (κ3) is 2.08. The van der Waals surface area contributed by atoms with Gasteiger partial charge in [-0.25, -0.2) is 0 Å². The third-order valence-electron chi connectivity index (χ3n) is 3.18. The molecule has 1 aromatic carbocycles. The molecule has 0 saturated carbocycles. The van der Waals surface area contributed by atoms with E-state index < -0.39 is 0 Å². The minimum Gasteiger partial charge on any atom is -0.482 e. The zero-order chi connectivity index (χ0) is 14.3. The summed E-state index contributed by atoms with van der Waals surface area (Å²) in [6, 6.07) is 5.58. The second-order valence-electron chi connectivity index (χ2n) is 4.48. The molecule has 3 N–H and O–H groups in total. The summed E-state index contributed by atoms with van der Waals surface area (Å²) < 4.78 is 7.95. The number of amides is 1. The van der Waals surface area contributed by atoms with Crippen LogP contribution in [0.3, 0.4) is 0 Å². The molecule has 1 amide bonds. The Bertz CT molecular complexity index is 696. The van der Waals surface area contributed by atoms with Gasteiger partial charge in [-0.05, 0) is 34.1 Å². The maximum absolute atomic E-state index is 11.4. The molecule has 6 nitrogen and oxygen atoms in total. The Morgan fingerprint density at radius 1 is 1.55 bits per heavy atom. The number of ether oxygens (including phenoxy) is 1. The Balaban J connectivity index is 2.07. The second-order valence-corrected chi connectivity index (χ2v) is 5.28. The Labute approximate surface area is 124 Å². The van der Waals surface area contributed by atoms with E-state index in [1.54, 1.807) is 4.68 Å². The predicted molar refractivity (Wildman–Crippen MR) is 78.4 cm³/mol. The number of rotatable bonds is 2. The third-order valence-corrected chi connectivity index (χ3v) is 4.01. The van der Waals surface area contributed by atoms with E-state index in [4.69, 9.17) is 10.5 Å². The quantitative estimate of drug-likeness (QED) is 0.873. The van der Waals surface area contributed by atoms with Crippen molar-refractivity contribution in [3.05, 3.63) is 28.4 Å². The van der Waals surface area contributed by atoms with Crippen molar-refractivity contribution < 1.29 is 9.53 Å². The highest BCUT2D eigenvalue weighted by Gasteiger charge is 2.19. The number of carbonyl (C=O) groups is 1. The molecule has 0 saturated heterocycles. The maximum atomic E-state index is 11.4. The molecule has 0 radical (unpaired) electrons. The number of fused-ring (bicyclic) bond motifs is 1. The topological polar surface area (TPSA) is 82.2 Å². The Morgan fingerprint density at radius 3 is 3.05 bits per heavy atom. The van der Waals surface area contributed by atoms with Crippen molar-refractivity contribution in [2.45, 2.75) is 6.54 Å². The number of nitrogens with zero attached hydrogens (tertiary/aromatic N) is 2. The monoisotopic (exact) mass is 336 g/mol. The van der Waals surface area contributed by atoms with E-state index in [1.807, 2.05) is 25.2 Å². The molecule has 7 heteroatoms. The van der Waals surface area contributed by atoms with E-state index in [1.165, 1.54) is 0 Å². The molecule has 0 aliphatic carbocycles. The predicted octanol–water partition coefficient (Wildman–Crippen LogP) is 1.64. The van der Waals surface area contributed by atoms with E-state index in [0.29, 0.717) is 18.0 Å². The Kier molecular flexibility index (Phi) is 3.23. The van der Waals surface area contributed by atoms with Gasteiger partial charge in [-0.3, -0.25) is 9.48 Å². The van der Waals surface area contributed by atoms with E-state index in [9.17, 15) is 4.79 Å². The van der Waals surface area contributed by atoms with Crippen molar-refractivity contribution in [3.8, 4) is 17.0 Å². The summed E-state index contributed by atoms with van der Waals surface area (Å²) in [5, 5.41) is 7.24. The lowest BCUT2D eigenvalue weighted by atomic mass is 10.1. The molecule has 0 bridgehead atoms. The first-order valence-electron chi connectivity index (χ1n) is 6.08. The number of aryl methyl sites for hydroxylation is 1. The van der Waals surface area contributed by atoms with Crippen molar-refractivity contribution in [3.63, 3.8) is 0 Å². The van der Waals surface area contributed by atoms with Crippen LogP contribution in [0.25, 0.3) is 11.3 Å². The van der Waals surface area contributed by atoms with Crippen molar-refractivity contribution in [2.24, 2.45) is 12.8 Å². The van der Waals surface area contributed by atoms with Crippen LogP contribution >= 0.6 is 15.9 Å². The van der Waals surface area contributed by atoms with Crippen LogP contribution in [0, 0.1) is 0 Å². The normalized spacial score (nSPS) is 13.7. The Hall–Kier alpha value is -1.86. The number of anilines is 1. The van der Waals surface area contributed by atoms with Gasteiger partial charge in [0.25, 0.3) is 5.91 Å². The number of aromatic nitrogens is 2. The molecule has 0 atom stereocenters. The number of carbonyl (C=O) groups excluding carboxylic acids is 1. The number of nitrogens with two attached hydrogens (primary N) is 1. The molecule has 1 aliphatic heterocycles. The van der Waals surface area contributed by atoms with Crippen LogP contribution in [0.2, 0.25) is 0 Å². The van der Waals surface area contributed by atoms with Crippen LogP contribution in [0.15, 0.2) is 22.7 Å². The van der Waals surface area contributed by atoms with Gasteiger partial charge in [0, 0.05) is 19.2 Å². The van der Waals surface area contributed by atoms with Crippen LogP contribution in [0.5, 0.6) is 5.75 Å². The SMILES string of the molecule is Cn1nc(-c2ccc3c(c2)NC(=O)CO3)c(Br)c1CN. The first kappa shape index (κ1) is 13.1. The summed E-state index contributed by atoms with van der Waals surface area (Å²) in [6.45, 7) is 0.450. The second kappa shape index (κ2) is 4.92. The van der Waals surface area contributed by atoms with E-state index in [2.05, 4.69) is 26.3 Å². The lowest BCUT2D eigenvalue weighted by Crippen LogP contribution is -2.25. The van der Waals surface area contributed by atoms with Crippen molar-refractivity contribution in [1.29, 1.82) is 0 Å². The number of halogens is 1. The molecular formula is C13H13BrN4O2. The summed E-state index contributed by atoms with van der Waals surface area (Å²) in [5.41, 5.74) is 8.95. The fourth-order valence-corrected chi connectivity index (χ4v) is 2.90. The van der Waals surface area contributed by atoms with Gasteiger partial charge in [0.2, 0.25) is 0 Å². The fraction of sp³-hybridized carbons (Fsp3) is 0.231. The van der Waals surface area contributed by atoms with Gasteiger partial charge in [-0.1, -0.05) is 0 Å². The average Bonchev–Trinajstić information content (AvgIpc) is 2.72. The van der Waals surface area contributed by atoms with Crippen molar-refractivity contribution >= 4 is 27.5 Å². The van der Waals surface area contributed by atoms with Gasteiger partial charge in [-0.2, -0.15) is 5.10 Å². The van der Waals surface area contributed by atoms with Crippen LogP contribution in [-0.4, -0.2) is 22.3 Å². The highest BCUT2D eigenvalue weighted by Crippen LogP contribution is 2.35. The molecule has 1 aliphatic rings. The van der Waals surface area contributed by atoms with Gasteiger partial charge in [0.05, 0.1) is 15.9 Å². The zero-order valence-electron chi connectivity index (χ0n) is 10.8. The molecule has 1 aromatic heterocycles. The summed E-state index contributed by atoms with van der Waals surface area (Å²) in [5.74, 6) is 0.511.